The lowest BCUT2D eigenvalue weighted by Crippen LogP contribution is -2.37. The summed E-state index contributed by atoms with van der Waals surface area (Å²) in [5, 5.41) is 10.7. The topological polar surface area (TPSA) is 109 Å². The highest BCUT2D eigenvalue weighted by Crippen LogP contribution is 2.42. The number of anilines is 2. The third-order valence-corrected chi connectivity index (χ3v) is 6.70. The van der Waals surface area contributed by atoms with Crippen LogP contribution in [0.1, 0.15) is 30.0 Å². The fraction of sp³-hybridized carbons (Fsp3) is 0.310. The number of ether oxygens (including phenoxy) is 4. The molecule has 0 spiro atoms. The number of rotatable bonds is 12. The third-order valence-electron chi connectivity index (χ3n) is 6.45. The average Bonchev–Trinajstić information content (AvgIpc) is 3.35. The zero-order valence-electron chi connectivity index (χ0n) is 22.7. The van der Waals surface area contributed by atoms with E-state index in [-0.39, 0.29) is 31.0 Å². The molecule has 1 unspecified atom stereocenters. The maximum Gasteiger partial charge on any atom is 0.573 e. The lowest BCUT2D eigenvalue weighted by atomic mass is 10.0. The van der Waals surface area contributed by atoms with Gasteiger partial charge in [0.2, 0.25) is 0 Å². The monoisotopic (exact) mass is 609 g/mol. The van der Waals surface area contributed by atoms with Gasteiger partial charge in [0.1, 0.15) is 24.0 Å². The molecule has 3 aromatic carbocycles. The summed E-state index contributed by atoms with van der Waals surface area (Å²) >= 11 is 6.09. The molecule has 0 saturated carbocycles. The molecule has 1 aliphatic heterocycles. The predicted octanol–water partition coefficient (Wildman–Crippen LogP) is 5.41. The molecule has 4 rings (SSSR count). The number of nitrogens with one attached hydrogen (secondary N) is 1. The van der Waals surface area contributed by atoms with Gasteiger partial charge >= 0.3 is 12.3 Å². The average molecular weight is 610 g/mol. The molecule has 1 amide bonds. The number of carbonyl (C=O) groups excluding carboxylic acids is 2. The van der Waals surface area contributed by atoms with Gasteiger partial charge < -0.3 is 34.3 Å². The zero-order chi connectivity index (χ0) is 30.4. The van der Waals surface area contributed by atoms with Gasteiger partial charge in [0.25, 0.3) is 5.91 Å². The number of halogens is 4. The van der Waals surface area contributed by atoms with E-state index >= 15 is 0 Å². The molecule has 1 heterocycles. The van der Waals surface area contributed by atoms with Crippen molar-refractivity contribution in [1.29, 1.82) is 0 Å². The molecule has 13 heteroatoms. The molecule has 3 N–H and O–H groups in total. The van der Waals surface area contributed by atoms with Crippen molar-refractivity contribution in [2.75, 3.05) is 37.6 Å². The number of fused-ring (bicyclic) bond motifs is 1. The van der Waals surface area contributed by atoms with Crippen LogP contribution in [0.4, 0.5) is 24.5 Å². The van der Waals surface area contributed by atoms with E-state index in [9.17, 15) is 22.8 Å². The molecule has 9 nitrogen and oxygen atoms in total. The van der Waals surface area contributed by atoms with Gasteiger partial charge in [-0.3, -0.25) is 4.79 Å². The SMILES string of the molecule is COc1cc(NC(C(=O)N2CCc3cc(OC)c(OC(F)(F)F)cc32)c2ccc(Cl)cc2)cc(OCCCC(=O)[OH2+])c1. The second-order valence-corrected chi connectivity index (χ2v) is 9.76. The van der Waals surface area contributed by atoms with Crippen molar-refractivity contribution >= 4 is 34.9 Å². The van der Waals surface area contributed by atoms with Crippen LogP contribution in [-0.2, 0) is 16.0 Å². The molecule has 0 bridgehead atoms. The van der Waals surface area contributed by atoms with Gasteiger partial charge in [-0.2, -0.15) is 0 Å². The van der Waals surface area contributed by atoms with Crippen LogP contribution in [0.3, 0.4) is 0 Å². The molecule has 3 aromatic rings. The Balaban J connectivity index is 1.67. The highest BCUT2D eigenvalue weighted by atomic mass is 35.5. The van der Waals surface area contributed by atoms with Crippen molar-refractivity contribution in [3.63, 3.8) is 0 Å². The van der Waals surface area contributed by atoms with E-state index in [1.54, 1.807) is 42.5 Å². The summed E-state index contributed by atoms with van der Waals surface area (Å²) in [6, 6.07) is 13.2. The van der Waals surface area contributed by atoms with Crippen molar-refractivity contribution in [2.24, 2.45) is 0 Å². The van der Waals surface area contributed by atoms with Crippen LogP contribution < -0.4 is 29.2 Å². The Bertz CT molecular complexity index is 1430. The predicted molar refractivity (Wildman–Crippen MR) is 150 cm³/mol. The van der Waals surface area contributed by atoms with Crippen LogP contribution in [0.25, 0.3) is 0 Å². The van der Waals surface area contributed by atoms with Crippen molar-refractivity contribution < 1.29 is 46.8 Å². The molecular formula is C29H29ClF3N2O7+. The van der Waals surface area contributed by atoms with Crippen LogP contribution >= 0.6 is 11.6 Å². The van der Waals surface area contributed by atoms with Gasteiger partial charge in [0.15, 0.2) is 11.5 Å². The Morgan fingerprint density at radius 3 is 2.38 bits per heavy atom. The molecule has 42 heavy (non-hydrogen) atoms. The second-order valence-electron chi connectivity index (χ2n) is 9.32. The van der Waals surface area contributed by atoms with Crippen molar-refractivity contribution in [1.82, 2.24) is 0 Å². The summed E-state index contributed by atoms with van der Waals surface area (Å²) < 4.78 is 59.7. The summed E-state index contributed by atoms with van der Waals surface area (Å²) in [7, 11) is 2.71. The molecule has 0 aromatic heterocycles. The summed E-state index contributed by atoms with van der Waals surface area (Å²) in [6.07, 6.45) is -4.14. The maximum atomic E-state index is 14.1. The van der Waals surface area contributed by atoms with Crippen LogP contribution in [0.15, 0.2) is 54.6 Å². The summed E-state index contributed by atoms with van der Waals surface area (Å²) in [6.45, 7) is 0.410. The molecular weight excluding hydrogens is 581 g/mol. The first-order chi connectivity index (χ1) is 20.0. The molecule has 224 valence electrons. The fourth-order valence-electron chi connectivity index (χ4n) is 4.53. The number of methoxy groups -OCH3 is 2. The van der Waals surface area contributed by atoms with Crippen molar-refractivity contribution in [3.8, 4) is 23.0 Å². The van der Waals surface area contributed by atoms with E-state index in [4.69, 9.17) is 30.9 Å². The van der Waals surface area contributed by atoms with E-state index in [0.717, 1.165) is 6.07 Å². The van der Waals surface area contributed by atoms with Gasteiger partial charge in [0.05, 0.1) is 26.5 Å². The standard InChI is InChI=1S/C29H28ClF3N2O7/c1-39-21-13-20(14-22(15-21)41-11-3-4-26(36)37)34-27(17-5-7-19(30)8-6-17)28(38)35-10-9-18-12-24(40-2)25(16-23(18)35)42-29(31,32)33/h5-8,12-16,27,34H,3-4,9-11H2,1-2H3,(H,36,37)/p+1. The Kier molecular flexibility index (Phi) is 9.56. The normalized spacial score (nSPS) is 13.2. The molecule has 0 fully saturated rings. The molecule has 0 radical (unpaired) electrons. The molecule has 0 saturated heterocycles. The number of nitrogens with zero attached hydrogens (tertiary/aromatic N) is 1. The van der Waals surface area contributed by atoms with Crippen molar-refractivity contribution in [3.05, 3.63) is 70.7 Å². The highest BCUT2D eigenvalue weighted by molar-refractivity contribution is 6.30. The number of alkyl halides is 3. The number of amides is 1. The van der Waals surface area contributed by atoms with Crippen LogP contribution in [0.2, 0.25) is 5.02 Å². The van der Waals surface area contributed by atoms with E-state index in [2.05, 4.69) is 10.1 Å². The van der Waals surface area contributed by atoms with Gasteiger partial charge in [0, 0.05) is 46.3 Å². The number of carbonyl (C=O) groups is 2. The third kappa shape index (κ3) is 7.69. The Hall–Kier alpha value is -4.32. The first kappa shape index (κ1) is 30.6. The number of hydrogen-bond donors (Lipinski definition) is 1. The largest absolute Gasteiger partial charge is 0.573 e. The number of hydrogen-bond acceptors (Lipinski definition) is 7. The van der Waals surface area contributed by atoms with Gasteiger partial charge in [-0.1, -0.05) is 23.7 Å². The minimum absolute atomic E-state index is 0.0567. The van der Waals surface area contributed by atoms with Crippen LogP contribution in [0.5, 0.6) is 23.0 Å². The molecule has 1 aliphatic rings. The van der Waals surface area contributed by atoms with Gasteiger partial charge in [-0.05, 0) is 42.2 Å². The first-order valence-corrected chi connectivity index (χ1v) is 13.2. The Morgan fingerprint density at radius 1 is 1.02 bits per heavy atom. The van der Waals surface area contributed by atoms with Gasteiger partial charge in [-0.15, -0.1) is 13.2 Å². The van der Waals surface area contributed by atoms with Gasteiger partial charge in [-0.25, -0.2) is 0 Å². The molecule has 0 aliphatic carbocycles. The molecule has 1 atom stereocenters. The highest BCUT2D eigenvalue weighted by Gasteiger charge is 2.36. The van der Waals surface area contributed by atoms with Crippen LogP contribution in [-0.4, -0.2) is 50.7 Å². The smallest absolute Gasteiger partial charge is 0.565 e. The van der Waals surface area contributed by atoms with E-state index in [0.29, 0.717) is 46.2 Å². The first-order valence-electron chi connectivity index (χ1n) is 12.8. The van der Waals surface area contributed by atoms with Crippen LogP contribution in [0, 0.1) is 0 Å². The lowest BCUT2D eigenvalue weighted by Gasteiger charge is -2.27. The number of benzene rings is 3. The Morgan fingerprint density at radius 2 is 1.74 bits per heavy atom. The minimum Gasteiger partial charge on any atom is -0.565 e. The maximum absolute atomic E-state index is 14.1. The fourth-order valence-corrected chi connectivity index (χ4v) is 4.66. The summed E-state index contributed by atoms with van der Waals surface area (Å²) in [5.41, 5.74) is 1.93. The Labute approximate surface area is 244 Å². The lowest BCUT2D eigenvalue weighted by molar-refractivity contribution is -0.275. The van der Waals surface area contributed by atoms with E-state index in [1.165, 1.54) is 25.2 Å². The summed E-state index contributed by atoms with van der Waals surface area (Å²) in [4.78, 5) is 26.4. The second kappa shape index (κ2) is 13.1. The minimum atomic E-state index is -4.95. The summed E-state index contributed by atoms with van der Waals surface area (Å²) in [5.74, 6) is -0.927. The van der Waals surface area contributed by atoms with E-state index < -0.39 is 30.0 Å². The van der Waals surface area contributed by atoms with Crippen molar-refractivity contribution in [2.45, 2.75) is 31.7 Å². The zero-order valence-corrected chi connectivity index (χ0v) is 23.5. The quantitative estimate of drug-likeness (QED) is 0.216. The van der Waals surface area contributed by atoms with E-state index in [1.807, 2.05) is 0 Å².